The van der Waals surface area contributed by atoms with Crippen LogP contribution in [0.1, 0.15) is 68.0 Å². The molecule has 0 aliphatic heterocycles. The third kappa shape index (κ3) is 3.55. The highest BCUT2D eigenvalue weighted by molar-refractivity contribution is 5.14. The Morgan fingerprint density at radius 3 is 2.86 bits per heavy atom. The lowest BCUT2D eigenvalue weighted by atomic mass is 9.87. The highest BCUT2D eigenvalue weighted by Crippen LogP contribution is 2.32. The first-order valence-electron chi connectivity index (χ1n) is 8.29. The van der Waals surface area contributed by atoms with Gasteiger partial charge in [-0.3, -0.25) is 9.88 Å². The minimum Gasteiger partial charge on any atom is -0.360 e. The van der Waals surface area contributed by atoms with Gasteiger partial charge in [0.2, 0.25) is 0 Å². The van der Waals surface area contributed by atoms with Crippen molar-refractivity contribution >= 4 is 0 Å². The van der Waals surface area contributed by atoms with E-state index >= 15 is 0 Å². The summed E-state index contributed by atoms with van der Waals surface area (Å²) in [5.41, 5.74) is 2.37. The summed E-state index contributed by atoms with van der Waals surface area (Å²) < 4.78 is 5.57. The summed E-state index contributed by atoms with van der Waals surface area (Å²) in [6, 6.07) is 6.55. The Morgan fingerprint density at radius 1 is 1.32 bits per heavy atom. The van der Waals surface area contributed by atoms with Crippen LogP contribution in [0.25, 0.3) is 0 Å². The molecule has 2 aromatic heterocycles. The molecule has 22 heavy (non-hydrogen) atoms. The molecule has 1 aliphatic carbocycles. The molecule has 1 aliphatic rings. The van der Waals surface area contributed by atoms with Crippen molar-refractivity contribution in [3.8, 4) is 0 Å². The zero-order chi connectivity index (χ0) is 15.4. The number of hydrogen-bond acceptors (Lipinski definition) is 4. The maximum Gasteiger partial charge on any atom is 0.150 e. The SMILES string of the molecule is CC(c1cccnc1)N(C)Cc1cc(C2CCCCC2)no1. The number of nitrogens with zero attached hydrogens (tertiary/aromatic N) is 3. The quantitative estimate of drug-likeness (QED) is 0.825. The Kier molecular flexibility index (Phi) is 4.88. The summed E-state index contributed by atoms with van der Waals surface area (Å²) >= 11 is 0. The van der Waals surface area contributed by atoms with Gasteiger partial charge in [0.1, 0.15) is 0 Å². The van der Waals surface area contributed by atoms with Crippen molar-refractivity contribution in [2.75, 3.05) is 7.05 Å². The van der Waals surface area contributed by atoms with E-state index in [1.54, 1.807) is 0 Å². The fourth-order valence-electron chi connectivity index (χ4n) is 3.25. The maximum atomic E-state index is 5.57. The van der Waals surface area contributed by atoms with Crippen molar-refractivity contribution in [1.29, 1.82) is 0 Å². The molecular weight excluding hydrogens is 274 g/mol. The lowest BCUT2D eigenvalue weighted by Gasteiger charge is -2.23. The van der Waals surface area contributed by atoms with Crippen LogP contribution in [0.15, 0.2) is 35.1 Å². The van der Waals surface area contributed by atoms with E-state index in [4.69, 9.17) is 4.52 Å². The van der Waals surface area contributed by atoms with Gasteiger partial charge in [-0.1, -0.05) is 30.5 Å². The van der Waals surface area contributed by atoms with Crippen LogP contribution in [0.4, 0.5) is 0 Å². The molecule has 4 heteroatoms. The van der Waals surface area contributed by atoms with E-state index in [0.717, 1.165) is 18.0 Å². The molecule has 0 radical (unpaired) electrons. The van der Waals surface area contributed by atoms with E-state index < -0.39 is 0 Å². The van der Waals surface area contributed by atoms with Gasteiger partial charge in [-0.25, -0.2) is 0 Å². The molecule has 3 rings (SSSR count). The first-order chi connectivity index (χ1) is 10.7. The van der Waals surface area contributed by atoms with Gasteiger partial charge < -0.3 is 4.52 Å². The van der Waals surface area contributed by atoms with Crippen molar-refractivity contribution in [3.05, 3.63) is 47.6 Å². The smallest absolute Gasteiger partial charge is 0.150 e. The Morgan fingerprint density at radius 2 is 2.14 bits per heavy atom. The highest BCUT2D eigenvalue weighted by atomic mass is 16.5. The van der Waals surface area contributed by atoms with Gasteiger partial charge in [-0.2, -0.15) is 0 Å². The first-order valence-corrected chi connectivity index (χ1v) is 8.29. The molecule has 0 aromatic carbocycles. The number of hydrogen-bond donors (Lipinski definition) is 0. The summed E-state index contributed by atoms with van der Waals surface area (Å²) in [4.78, 5) is 6.46. The van der Waals surface area contributed by atoms with Gasteiger partial charge in [0, 0.05) is 30.4 Å². The van der Waals surface area contributed by atoms with E-state index in [1.807, 2.05) is 18.5 Å². The van der Waals surface area contributed by atoms with Crippen molar-refractivity contribution in [3.63, 3.8) is 0 Å². The molecule has 0 amide bonds. The van der Waals surface area contributed by atoms with Crippen LogP contribution in [0.5, 0.6) is 0 Å². The molecule has 0 spiro atoms. The van der Waals surface area contributed by atoms with Crippen LogP contribution < -0.4 is 0 Å². The van der Waals surface area contributed by atoms with Crippen LogP contribution in [0, 0.1) is 0 Å². The average molecular weight is 299 g/mol. The summed E-state index contributed by atoms with van der Waals surface area (Å²) in [5, 5.41) is 4.31. The summed E-state index contributed by atoms with van der Waals surface area (Å²) in [7, 11) is 2.11. The lowest BCUT2D eigenvalue weighted by molar-refractivity contribution is 0.220. The highest BCUT2D eigenvalue weighted by Gasteiger charge is 2.20. The normalized spacial score (nSPS) is 17.8. The summed E-state index contributed by atoms with van der Waals surface area (Å²) in [6.45, 7) is 2.96. The molecule has 1 fully saturated rings. The molecule has 118 valence electrons. The van der Waals surface area contributed by atoms with Crippen LogP contribution in [-0.4, -0.2) is 22.1 Å². The van der Waals surface area contributed by atoms with Crippen molar-refractivity contribution in [1.82, 2.24) is 15.0 Å². The molecule has 0 saturated heterocycles. The zero-order valence-corrected chi connectivity index (χ0v) is 13.5. The third-order valence-corrected chi connectivity index (χ3v) is 4.83. The van der Waals surface area contributed by atoms with E-state index in [9.17, 15) is 0 Å². The predicted octanol–water partition coefficient (Wildman–Crippen LogP) is 4.31. The van der Waals surface area contributed by atoms with Gasteiger partial charge >= 0.3 is 0 Å². The first kappa shape index (κ1) is 15.2. The molecule has 0 bridgehead atoms. The monoisotopic (exact) mass is 299 g/mol. The maximum absolute atomic E-state index is 5.57. The minimum absolute atomic E-state index is 0.303. The zero-order valence-electron chi connectivity index (χ0n) is 13.5. The molecule has 0 N–H and O–H groups in total. The van der Waals surface area contributed by atoms with Crippen molar-refractivity contribution in [2.45, 2.75) is 57.5 Å². The average Bonchev–Trinajstić information content (AvgIpc) is 3.04. The predicted molar refractivity (Wildman–Crippen MR) is 86.4 cm³/mol. The van der Waals surface area contributed by atoms with Crippen LogP contribution in [-0.2, 0) is 6.54 Å². The van der Waals surface area contributed by atoms with E-state index in [-0.39, 0.29) is 0 Å². The third-order valence-electron chi connectivity index (χ3n) is 4.83. The van der Waals surface area contributed by atoms with Crippen LogP contribution in [0.3, 0.4) is 0 Å². The topological polar surface area (TPSA) is 42.2 Å². The van der Waals surface area contributed by atoms with E-state index in [2.05, 4.69) is 41.1 Å². The summed E-state index contributed by atoms with van der Waals surface area (Å²) in [6.07, 6.45) is 10.3. The number of aromatic nitrogens is 2. The molecule has 2 heterocycles. The van der Waals surface area contributed by atoms with Gasteiger partial charge in [-0.05, 0) is 38.4 Å². The van der Waals surface area contributed by atoms with E-state index in [1.165, 1.54) is 37.7 Å². The molecule has 1 saturated carbocycles. The lowest BCUT2D eigenvalue weighted by Crippen LogP contribution is -2.21. The Hall–Kier alpha value is -1.68. The minimum atomic E-state index is 0.303. The van der Waals surface area contributed by atoms with Gasteiger partial charge in [0.05, 0.1) is 12.2 Å². The molecule has 1 unspecified atom stereocenters. The Balaban J connectivity index is 1.62. The molecule has 4 nitrogen and oxygen atoms in total. The second kappa shape index (κ2) is 7.05. The Labute approximate surface area is 132 Å². The second-order valence-corrected chi connectivity index (χ2v) is 6.43. The standard InChI is InChI=1S/C18H25N3O/c1-14(16-9-6-10-19-12-16)21(2)13-17-11-18(20-22-17)15-7-4-3-5-8-15/h6,9-12,14-15H,3-5,7-8,13H2,1-2H3. The fraction of sp³-hybridized carbons (Fsp3) is 0.556. The fourth-order valence-corrected chi connectivity index (χ4v) is 3.25. The molecule has 1 atom stereocenters. The number of pyridine rings is 1. The Bertz CT molecular complexity index is 575. The largest absolute Gasteiger partial charge is 0.360 e. The molecule has 2 aromatic rings. The van der Waals surface area contributed by atoms with Crippen molar-refractivity contribution in [2.24, 2.45) is 0 Å². The van der Waals surface area contributed by atoms with Gasteiger partial charge in [0.25, 0.3) is 0 Å². The van der Waals surface area contributed by atoms with Gasteiger partial charge in [0.15, 0.2) is 5.76 Å². The van der Waals surface area contributed by atoms with Crippen LogP contribution >= 0.6 is 0 Å². The molecular formula is C18H25N3O. The van der Waals surface area contributed by atoms with E-state index in [0.29, 0.717) is 12.0 Å². The van der Waals surface area contributed by atoms with Gasteiger partial charge in [-0.15, -0.1) is 0 Å². The summed E-state index contributed by atoms with van der Waals surface area (Å²) in [5.74, 6) is 1.56. The van der Waals surface area contributed by atoms with Crippen molar-refractivity contribution < 1.29 is 4.52 Å². The number of rotatable bonds is 5. The second-order valence-electron chi connectivity index (χ2n) is 6.43. The van der Waals surface area contributed by atoms with Crippen LogP contribution in [0.2, 0.25) is 0 Å².